The minimum absolute atomic E-state index is 0.192. The molecular formula is C24H29NO4S. The standard InChI is InChI=1S/C24H29NO4S/c1-17-14-20-15-18(10-11-23(20)29-17)12-13-25(30(3,26)27)16-19-6-4-8-22-21(19)7-5-9-24(22)28-2/h5,7,9-11,14-15,19H,4,6,8,12-13,16H2,1-3H3/t19-/m0/s1. The SMILES string of the molecule is COc1cccc2c1CCC[C@H]2CN(CCc1ccc2oc(C)cc2c1)S(C)(=O)=O. The Balaban J connectivity index is 1.53. The Morgan fingerprint density at radius 2 is 2.03 bits per heavy atom. The van der Waals surface area contributed by atoms with E-state index in [2.05, 4.69) is 12.1 Å². The molecule has 1 aliphatic rings. The van der Waals surface area contributed by atoms with Crippen molar-refractivity contribution in [3.63, 3.8) is 0 Å². The summed E-state index contributed by atoms with van der Waals surface area (Å²) >= 11 is 0. The molecule has 30 heavy (non-hydrogen) atoms. The zero-order chi connectivity index (χ0) is 21.3. The number of hydrogen-bond acceptors (Lipinski definition) is 4. The summed E-state index contributed by atoms with van der Waals surface area (Å²) in [5.41, 5.74) is 4.43. The fourth-order valence-corrected chi connectivity index (χ4v) is 5.44. The maximum Gasteiger partial charge on any atom is 0.211 e. The van der Waals surface area contributed by atoms with Crippen molar-refractivity contribution in [2.45, 2.75) is 38.5 Å². The quantitative estimate of drug-likeness (QED) is 0.550. The fourth-order valence-electron chi connectivity index (χ4n) is 4.57. The first-order valence-corrected chi connectivity index (χ1v) is 12.3. The van der Waals surface area contributed by atoms with E-state index in [-0.39, 0.29) is 5.92 Å². The highest BCUT2D eigenvalue weighted by Gasteiger charge is 2.27. The van der Waals surface area contributed by atoms with Crippen LogP contribution in [0.25, 0.3) is 11.0 Å². The largest absolute Gasteiger partial charge is 0.496 e. The number of hydrogen-bond donors (Lipinski definition) is 0. The van der Waals surface area contributed by atoms with Crippen molar-refractivity contribution in [3.05, 3.63) is 64.9 Å². The Kier molecular flexibility index (Phi) is 5.89. The molecule has 0 saturated heterocycles. The third-order valence-electron chi connectivity index (χ3n) is 6.06. The van der Waals surface area contributed by atoms with Gasteiger partial charge in [-0.1, -0.05) is 18.2 Å². The smallest absolute Gasteiger partial charge is 0.211 e. The van der Waals surface area contributed by atoms with Gasteiger partial charge >= 0.3 is 0 Å². The van der Waals surface area contributed by atoms with Crippen LogP contribution in [0.3, 0.4) is 0 Å². The Bertz CT molecular complexity index is 1150. The van der Waals surface area contributed by atoms with Gasteiger partial charge in [0.15, 0.2) is 0 Å². The number of methoxy groups -OCH3 is 1. The van der Waals surface area contributed by atoms with Gasteiger partial charge in [-0.05, 0) is 79.5 Å². The van der Waals surface area contributed by atoms with Gasteiger partial charge in [0, 0.05) is 18.5 Å². The first kappa shape index (κ1) is 20.9. The highest BCUT2D eigenvalue weighted by Crippen LogP contribution is 2.37. The highest BCUT2D eigenvalue weighted by molar-refractivity contribution is 7.88. The third kappa shape index (κ3) is 4.40. The number of rotatable bonds is 7. The Morgan fingerprint density at radius 3 is 2.80 bits per heavy atom. The molecule has 2 aromatic carbocycles. The van der Waals surface area contributed by atoms with E-state index in [4.69, 9.17) is 9.15 Å². The van der Waals surface area contributed by atoms with Crippen LogP contribution in [0.15, 0.2) is 46.9 Å². The average molecular weight is 428 g/mol. The lowest BCUT2D eigenvalue weighted by Crippen LogP contribution is -2.36. The molecule has 0 N–H and O–H groups in total. The van der Waals surface area contributed by atoms with E-state index >= 15 is 0 Å². The zero-order valence-corrected chi connectivity index (χ0v) is 18.7. The summed E-state index contributed by atoms with van der Waals surface area (Å²) in [6.07, 6.45) is 5.01. The van der Waals surface area contributed by atoms with Crippen LogP contribution < -0.4 is 4.74 Å². The lowest BCUT2D eigenvalue weighted by molar-refractivity contribution is 0.363. The number of ether oxygens (including phenoxy) is 1. The van der Waals surface area contributed by atoms with Gasteiger partial charge in [-0.25, -0.2) is 12.7 Å². The first-order valence-electron chi connectivity index (χ1n) is 10.4. The van der Waals surface area contributed by atoms with Crippen LogP contribution >= 0.6 is 0 Å². The third-order valence-corrected chi connectivity index (χ3v) is 7.32. The van der Waals surface area contributed by atoms with Gasteiger partial charge in [0.1, 0.15) is 17.1 Å². The Morgan fingerprint density at radius 1 is 1.20 bits per heavy atom. The summed E-state index contributed by atoms with van der Waals surface area (Å²) in [5, 5.41) is 1.06. The minimum Gasteiger partial charge on any atom is -0.496 e. The van der Waals surface area contributed by atoms with E-state index in [0.717, 1.165) is 47.3 Å². The molecule has 1 aromatic heterocycles. The molecular weight excluding hydrogens is 398 g/mol. The summed E-state index contributed by atoms with van der Waals surface area (Å²) in [6, 6.07) is 14.2. The fraction of sp³-hybridized carbons (Fsp3) is 0.417. The summed E-state index contributed by atoms with van der Waals surface area (Å²) in [5.74, 6) is 1.98. The summed E-state index contributed by atoms with van der Waals surface area (Å²) in [7, 11) is -1.61. The number of sulfonamides is 1. The maximum atomic E-state index is 12.6. The Hall–Kier alpha value is -2.31. The van der Waals surface area contributed by atoms with E-state index in [0.29, 0.717) is 19.5 Å². The Labute approximate surface area is 178 Å². The molecule has 0 spiro atoms. The summed E-state index contributed by atoms with van der Waals surface area (Å²) < 4.78 is 37.9. The van der Waals surface area contributed by atoms with Crippen molar-refractivity contribution in [2.75, 3.05) is 26.5 Å². The molecule has 1 atom stereocenters. The van der Waals surface area contributed by atoms with E-state index in [9.17, 15) is 8.42 Å². The van der Waals surface area contributed by atoms with Crippen LogP contribution in [-0.2, 0) is 22.9 Å². The van der Waals surface area contributed by atoms with Crippen molar-refractivity contribution in [3.8, 4) is 5.75 Å². The minimum atomic E-state index is -3.31. The van der Waals surface area contributed by atoms with Crippen molar-refractivity contribution in [1.82, 2.24) is 4.31 Å². The predicted octanol–water partition coefficient (Wildman–Crippen LogP) is 4.67. The molecule has 160 valence electrons. The molecule has 4 rings (SSSR count). The van der Waals surface area contributed by atoms with Crippen molar-refractivity contribution in [2.24, 2.45) is 0 Å². The number of fused-ring (bicyclic) bond motifs is 2. The molecule has 0 unspecified atom stereocenters. The van der Waals surface area contributed by atoms with Crippen LogP contribution in [-0.4, -0.2) is 39.2 Å². The van der Waals surface area contributed by atoms with E-state index < -0.39 is 10.0 Å². The lowest BCUT2D eigenvalue weighted by atomic mass is 9.82. The second-order valence-electron chi connectivity index (χ2n) is 8.22. The van der Waals surface area contributed by atoms with Gasteiger partial charge in [0.25, 0.3) is 0 Å². The highest BCUT2D eigenvalue weighted by atomic mass is 32.2. The topological polar surface area (TPSA) is 59.8 Å². The van der Waals surface area contributed by atoms with Crippen LogP contribution in [0.4, 0.5) is 0 Å². The molecule has 0 radical (unpaired) electrons. The summed E-state index contributed by atoms with van der Waals surface area (Å²) in [6.45, 7) is 2.91. The van der Waals surface area contributed by atoms with Crippen LogP contribution in [0.2, 0.25) is 0 Å². The number of nitrogens with zero attached hydrogens (tertiary/aromatic N) is 1. The van der Waals surface area contributed by atoms with Crippen molar-refractivity contribution in [1.29, 1.82) is 0 Å². The van der Waals surface area contributed by atoms with Gasteiger partial charge in [-0.2, -0.15) is 0 Å². The molecule has 1 aliphatic carbocycles. The van der Waals surface area contributed by atoms with Gasteiger partial charge in [-0.3, -0.25) is 0 Å². The number of furan rings is 1. The second kappa shape index (κ2) is 8.44. The van der Waals surface area contributed by atoms with Crippen molar-refractivity contribution < 1.29 is 17.6 Å². The molecule has 3 aromatic rings. The molecule has 6 heteroatoms. The number of aryl methyl sites for hydroxylation is 1. The van der Waals surface area contributed by atoms with Crippen LogP contribution in [0.1, 0.15) is 41.2 Å². The van der Waals surface area contributed by atoms with Crippen LogP contribution in [0.5, 0.6) is 5.75 Å². The zero-order valence-electron chi connectivity index (χ0n) is 17.8. The molecule has 0 saturated carbocycles. The van der Waals surface area contributed by atoms with Crippen LogP contribution in [0, 0.1) is 6.92 Å². The monoisotopic (exact) mass is 427 g/mol. The van der Waals surface area contributed by atoms with Gasteiger partial charge < -0.3 is 9.15 Å². The van der Waals surface area contributed by atoms with Gasteiger partial charge in [-0.15, -0.1) is 0 Å². The molecule has 1 heterocycles. The van der Waals surface area contributed by atoms with Crippen molar-refractivity contribution >= 4 is 21.0 Å². The lowest BCUT2D eigenvalue weighted by Gasteiger charge is -2.31. The van der Waals surface area contributed by atoms with Gasteiger partial charge in [0.05, 0.1) is 13.4 Å². The molecule has 0 amide bonds. The average Bonchev–Trinajstić information content (AvgIpc) is 3.09. The van der Waals surface area contributed by atoms with E-state index in [1.54, 1.807) is 11.4 Å². The molecule has 5 nitrogen and oxygen atoms in total. The van der Waals surface area contributed by atoms with E-state index in [1.165, 1.54) is 17.4 Å². The maximum absolute atomic E-state index is 12.6. The molecule has 0 aliphatic heterocycles. The molecule has 0 fully saturated rings. The summed E-state index contributed by atoms with van der Waals surface area (Å²) in [4.78, 5) is 0. The number of benzene rings is 2. The molecule has 0 bridgehead atoms. The first-order chi connectivity index (χ1) is 14.3. The van der Waals surface area contributed by atoms with E-state index in [1.807, 2.05) is 37.3 Å². The van der Waals surface area contributed by atoms with Gasteiger partial charge in [0.2, 0.25) is 10.0 Å². The second-order valence-corrected chi connectivity index (χ2v) is 10.2. The normalized spacial score (nSPS) is 16.7. The predicted molar refractivity (Wildman–Crippen MR) is 120 cm³/mol.